The summed E-state index contributed by atoms with van der Waals surface area (Å²) < 4.78 is 1.20. The molecule has 0 aliphatic carbocycles. The molecule has 0 fully saturated rings. The first kappa shape index (κ1) is 12.3. The van der Waals surface area contributed by atoms with E-state index in [4.69, 9.17) is 0 Å². The van der Waals surface area contributed by atoms with E-state index in [0.717, 1.165) is 5.56 Å². The number of pyridine rings is 1. The fourth-order valence-electron chi connectivity index (χ4n) is 1.59. The van der Waals surface area contributed by atoms with Gasteiger partial charge in [0.25, 0.3) is 5.56 Å². The standard InChI is InChI=1S/C12H14N4O2/c1-16-12(18)10(8-17)11(7-15-16)14-6-9-2-4-13-5-3-9/h2-5,7,14,17H,6,8H2,1H3. The SMILES string of the molecule is Cn1ncc(NCc2ccncc2)c(CO)c1=O. The van der Waals surface area contributed by atoms with E-state index in [9.17, 15) is 9.90 Å². The third-order valence-electron chi connectivity index (χ3n) is 2.63. The molecule has 0 saturated carbocycles. The smallest absolute Gasteiger partial charge is 0.274 e. The zero-order chi connectivity index (χ0) is 13.0. The van der Waals surface area contributed by atoms with Crippen LogP contribution in [0.3, 0.4) is 0 Å². The molecule has 0 aliphatic rings. The Bertz CT molecular complexity index is 580. The van der Waals surface area contributed by atoms with Gasteiger partial charge in [0.2, 0.25) is 0 Å². The molecule has 2 aromatic heterocycles. The van der Waals surface area contributed by atoms with Crippen LogP contribution in [-0.2, 0) is 20.2 Å². The lowest BCUT2D eigenvalue weighted by Gasteiger charge is -2.10. The molecule has 2 rings (SSSR count). The number of anilines is 1. The molecule has 0 spiro atoms. The van der Waals surface area contributed by atoms with Crippen molar-refractivity contribution in [3.8, 4) is 0 Å². The van der Waals surface area contributed by atoms with Gasteiger partial charge in [-0.25, -0.2) is 4.68 Å². The summed E-state index contributed by atoms with van der Waals surface area (Å²) in [4.78, 5) is 15.6. The van der Waals surface area contributed by atoms with Gasteiger partial charge in [-0.05, 0) is 17.7 Å². The lowest BCUT2D eigenvalue weighted by atomic mass is 10.2. The Morgan fingerprint density at radius 2 is 2.11 bits per heavy atom. The van der Waals surface area contributed by atoms with Crippen molar-refractivity contribution in [2.24, 2.45) is 7.05 Å². The molecular weight excluding hydrogens is 232 g/mol. The number of aromatic nitrogens is 3. The van der Waals surface area contributed by atoms with Gasteiger partial charge in [-0.1, -0.05) is 0 Å². The van der Waals surface area contributed by atoms with Crippen molar-refractivity contribution in [2.45, 2.75) is 13.2 Å². The molecule has 2 heterocycles. The summed E-state index contributed by atoms with van der Waals surface area (Å²) >= 11 is 0. The second-order valence-electron chi connectivity index (χ2n) is 3.83. The average molecular weight is 246 g/mol. The molecule has 6 heteroatoms. The van der Waals surface area contributed by atoms with Gasteiger partial charge < -0.3 is 10.4 Å². The highest BCUT2D eigenvalue weighted by molar-refractivity contribution is 5.47. The van der Waals surface area contributed by atoms with Crippen LogP contribution in [0.4, 0.5) is 5.69 Å². The summed E-state index contributed by atoms with van der Waals surface area (Å²) in [5.41, 5.74) is 1.62. The van der Waals surface area contributed by atoms with Gasteiger partial charge in [0.15, 0.2) is 0 Å². The summed E-state index contributed by atoms with van der Waals surface area (Å²) in [6.07, 6.45) is 4.94. The van der Waals surface area contributed by atoms with Crippen LogP contribution < -0.4 is 10.9 Å². The fourth-order valence-corrected chi connectivity index (χ4v) is 1.59. The van der Waals surface area contributed by atoms with E-state index < -0.39 is 0 Å². The minimum absolute atomic E-state index is 0.294. The molecule has 0 saturated heterocycles. The first-order chi connectivity index (χ1) is 8.72. The fraction of sp³-hybridized carbons (Fsp3) is 0.250. The van der Waals surface area contributed by atoms with E-state index in [1.807, 2.05) is 12.1 Å². The molecule has 0 unspecified atom stereocenters. The highest BCUT2D eigenvalue weighted by Crippen LogP contribution is 2.10. The van der Waals surface area contributed by atoms with Gasteiger partial charge in [-0.3, -0.25) is 9.78 Å². The molecule has 18 heavy (non-hydrogen) atoms. The predicted molar refractivity (Wildman–Crippen MR) is 67.0 cm³/mol. The van der Waals surface area contributed by atoms with Gasteiger partial charge in [-0.2, -0.15) is 5.10 Å². The molecule has 0 amide bonds. The van der Waals surface area contributed by atoms with Crippen LogP contribution in [0.25, 0.3) is 0 Å². The van der Waals surface area contributed by atoms with Gasteiger partial charge in [0.05, 0.1) is 24.1 Å². The number of aliphatic hydroxyl groups is 1. The number of hydrogen-bond acceptors (Lipinski definition) is 5. The zero-order valence-electron chi connectivity index (χ0n) is 10.00. The third kappa shape index (κ3) is 2.54. The van der Waals surface area contributed by atoms with Crippen molar-refractivity contribution in [3.05, 3.63) is 52.2 Å². The average Bonchev–Trinajstić information content (AvgIpc) is 2.41. The molecule has 0 radical (unpaired) electrons. The quantitative estimate of drug-likeness (QED) is 0.810. The number of nitrogens with one attached hydrogen (secondary N) is 1. The first-order valence-corrected chi connectivity index (χ1v) is 5.51. The Hall–Kier alpha value is -2.21. The predicted octanol–water partition coefficient (Wildman–Crippen LogP) is 0.280. The largest absolute Gasteiger partial charge is 0.391 e. The van der Waals surface area contributed by atoms with E-state index in [0.29, 0.717) is 17.8 Å². The highest BCUT2D eigenvalue weighted by atomic mass is 16.3. The maximum Gasteiger partial charge on any atom is 0.274 e. The van der Waals surface area contributed by atoms with Crippen molar-refractivity contribution >= 4 is 5.69 Å². The maximum absolute atomic E-state index is 11.7. The molecule has 0 aliphatic heterocycles. The van der Waals surface area contributed by atoms with Crippen LogP contribution in [0.5, 0.6) is 0 Å². The molecule has 2 aromatic rings. The molecule has 0 bridgehead atoms. The van der Waals surface area contributed by atoms with Crippen LogP contribution in [-0.4, -0.2) is 19.9 Å². The molecule has 94 valence electrons. The van der Waals surface area contributed by atoms with Crippen LogP contribution in [0.1, 0.15) is 11.1 Å². The Morgan fingerprint density at radius 1 is 1.39 bits per heavy atom. The molecule has 0 atom stereocenters. The monoisotopic (exact) mass is 246 g/mol. The van der Waals surface area contributed by atoms with E-state index in [1.54, 1.807) is 19.4 Å². The minimum atomic E-state index is -0.312. The normalized spacial score (nSPS) is 10.3. The Balaban J connectivity index is 2.20. The third-order valence-corrected chi connectivity index (χ3v) is 2.63. The van der Waals surface area contributed by atoms with Crippen molar-refractivity contribution in [1.29, 1.82) is 0 Å². The highest BCUT2D eigenvalue weighted by Gasteiger charge is 2.08. The Labute approximate surface area is 104 Å². The summed E-state index contributed by atoms with van der Waals surface area (Å²) in [6, 6.07) is 3.75. The molecule has 6 nitrogen and oxygen atoms in total. The zero-order valence-corrected chi connectivity index (χ0v) is 10.00. The number of rotatable bonds is 4. The number of aryl methyl sites for hydroxylation is 1. The topological polar surface area (TPSA) is 80.0 Å². The van der Waals surface area contributed by atoms with E-state index in [2.05, 4.69) is 15.4 Å². The van der Waals surface area contributed by atoms with Gasteiger partial charge in [0.1, 0.15) is 0 Å². The van der Waals surface area contributed by atoms with E-state index >= 15 is 0 Å². The van der Waals surface area contributed by atoms with Crippen molar-refractivity contribution in [3.63, 3.8) is 0 Å². The molecule has 2 N–H and O–H groups in total. The summed E-state index contributed by atoms with van der Waals surface area (Å²) in [5, 5.41) is 16.2. The van der Waals surface area contributed by atoms with Gasteiger partial charge in [0, 0.05) is 26.0 Å². The summed E-state index contributed by atoms with van der Waals surface area (Å²) in [5.74, 6) is 0. The maximum atomic E-state index is 11.7. The Morgan fingerprint density at radius 3 is 2.78 bits per heavy atom. The number of nitrogens with zero attached hydrogens (tertiary/aromatic N) is 3. The van der Waals surface area contributed by atoms with Crippen LogP contribution in [0.2, 0.25) is 0 Å². The van der Waals surface area contributed by atoms with Crippen molar-refractivity contribution in [2.75, 3.05) is 5.32 Å². The second-order valence-corrected chi connectivity index (χ2v) is 3.83. The molecule has 0 aromatic carbocycles. The van der Waals surface area contributed by atoms with Crippen LogP contribution in [0.15, 0.2) is 35.5 Å². The van der Waals surface area contributed by atoms with E-state index in [1.165, 1.54) is 10.9 Å². The minimum Gasteiger partial charge on any atom is -0.391 e. The van der Waals surface area contributed by atoms with Crippen molar-refractivity contribution in [1.82, 2.24) is 14.8 Å². The number of aliphatic hydroxyl groups excluding tert-OH is 1. The van der Waals surface area contributed by atoms with E-state index in [-0.39, 0.29) is 12.2 Å². The van der Waals surface area contributed by atoms with Crippen LogP contribution >= 0.6 is 0 Å². The lowest BCUT2D eigenvalue weighted by molar-refractivity contribution is 0.279. The Kier molecular flexibility index (Phi) is 3.69. The van der Waals surface area contributed by atoms with Crippen LogP contribution in [0, 0.1) is 0 Å². The van der Waals surface area contributed by atoms with Crippen molar-refractivity contribution < 1.29 is 5.11 Å². The number of hydrogen-bond donors (Lipinski definition) is 2. The van der Waals surface area contributed by atoms with Gasteiger partial charge in [-0.15, -0.1) is 0 Å². The first-order valence-electron chi connectivity index (χ1n) is 5.51. The summed E-state index contributed by atoms with van der Waals surface area (Å²) in [6.45, 7) is 0.234. The molecular formula is C12H14N4O2. The second kappa shape index (κ2) is 5.42. The lowest BCUT2D eigenvalue weighted by Crippen LogP contribution is -2.25. The summed E-state index contributed by atoms with van der Waals surface area (Å²) in [7, 11) is 1.55. The van der Waals surface area contributed by atoms with Gasteiger partial charge >= 0.3 is 0 Å².